The van der Waals surface area contributed by atoms with E-state index in [9.17, 15) is 9.18 Å². The minimum atomic E-state index is -0.270. The van der Waals surface area contributed by atoms with Gasteiger partial charge in [0.25, 0.3) is 0 Å². The molecule has 2 aromatic rings. The van der Waals surface area contributed by atoms with Gasteiger partial charge in [0.05, 0.1) is 6.54 Å². The van der Waals surface area contributed by atoms with E-state index in [1.54, 1.807) is 18.2 Å². The molecule has 1 amide bonds. The van der Waals surface area contributed by atoms with Gasteiger partial charge in [0.1, 0.15) is 5.82 Å². The largest absolute Gasteiger partial charge is 0.355 e. The zero-order chi connectivity index (χ0) is 16.7. The van der Waals surface area contributed by atoms with Crippen LogP contribution in [0.5, 0.6) is 0 Å². The molecule has 0 saturated heterocycles. The van der Waals surface area contributed by atoms with Crippen LogP contribution in [0.25, 0.3) is 0 Å². The smallest absolute Gasteiger partial charge is 0.233 e. The molecule has 0 saturated carbocycles. The highest BCUT2D eigenvalue weighted by atomic mass is 35.5. The van der Waals surface area contributed by atoms with E-state index < -0.39 is 0 Å². The van der Waals surface area contributed by atoms with Gasteiger partial charge in [-0.05, 0) is 37.1 Å². The number of benzene rings is 2. The Morgan fingerprint density at radius 1 is 1.22 bits per heavy atom. The van der Waals surface area contributed by atoms with Gasteiger partial charge in [-0.3, -0.25) is 4.79 Å². The summed E-state index contributed by atoms with van der Waals surface area (Å²) in [6.45, 7) is 2.51. The van der Waals surface area contributed by atoms with Crippen LogP contribution < -0.4 is 10.6 Å². The molecule has 0 aliphatic heterocycles. The van der Waals surface area contributed by atoms with Gasteiger partial charge in [0.2, 0.25) is 5.91 Å². The summed E-state index contributed by atoms with van der Waals surface area (Å²) < 4.78 is 13.6. The number of carbonyl (C=O) groups excluding carboxylic acids is 1. The van der Waals surface area contributed by atoms with Crippen molar-refractivity contribution in [1.29, 1.82) is 0 Å². The summed E-state index contributed by atoms with van der Waals surface area (Å²) in [5.74, 6) is -0.385. The minimum Gasteiger partial charge on any atom is -0.355 e. The highest BCUT2D eigenvalue weighted by Gasteiger charge is 2.11. The number of amides is 1. The molecule has 0 bridgehead atoms. The fraction of sp³-hybridized carbons (Fsp3) is 0.278. The van der Waals surface area contributed by atoms with Crippen molar-refractivity contribution in [3.8, 4) is 0 Å². The summed E-state index contributed by atoms with van der Waals surface area (Å²) in [6, 6.07) is 13.9. The maximum atomic E-state index is 13.6. The lowest BCUT2D eigenvalue weighted by Crippen LogP contribution is -2.36. The third-order valence-electron chi connectivity index (χ3n) is 3.57. The van der Waals surface area contributed by atoms with Crippen molar-refractivity contribution in [2.24, 2.45) is 0 Å². The molecule has 1 unspecified atom stereocenters. The van der Waals surface area contributed by atoms with E-state index in [0.29, 0.717) is 17.1 Å². The summed E-state index contributed by atoms with van der Waals surface area (Å²) in [5.41, 5.74) is 1.63. The second-order valence-electron chi connectivity index (χ2n) is 5.35. The second kappa shape index (κ2) is 8.65. The Hall–Kier alpha value is -1.91. The summed E-state index contributed by atoms with van der Waals surface area (Å²) in [4.78, 5) is 11.8. The molecule has 3 nitrogen and oxygen atoms in total. The van der Waals surface area contributed by atoms with E-state index in [2.05, 4.69) is 10.6 Å². The van der Waals surface area contributed by atoms with E-state index >= 15 is 0 Å². The van der Waals surface area contributed by atoms with Gasteiger partial charge in [0, 0.05) is 23.2 Å². The second-order valence-corrected chi connectivity index (χ2v) is 5.79. The van der Waals surface area contributed by atoms with Crippen molar-refractivity contribution in [2.75, 3.05) is 13.1 Å². The molecule has 0 aromatic heterocycles. The molecule has 23 heavy (non-hydrogen) atoms. The monoisotopic (exact) mass is 334 g/mol. The Balaban J connectivity index is 1.72. The van der Waals surface area contributed by atoms with E-state index in [1.807, 2.05) is 31.2 Å². The third-order valence-corrected chi connectivity index (χ3v) is 3.80. The molecule has 0 fully saturated rings. The van der Waals surface area contributed by atoms with Gasteiger partial charge < -0.3 is 10.6 Å². The molecule has 5 heteroatoms. The first-order chi connectivity index (χ1) is 11.1. The van der Waals surface area contributed by atoms with E-state index in [4.69, 9.17) is 11.6 Å². The minimum absolute atomic E-state index is 0.116. The third kappa shape index (κ3) is 5.66. The summed E-state index contributed by atoms with van der Waals surface area (Å²) in [7, 11) is 0. The SMILES string of the molecule is CC(NCC(=O)NCCc1cccc(Cl)c1)c1ccccc1F. The van der Waals surface area contributed by atoms with Crippen LogP contribution in [0.2, 0.25) is 5.02 Å². The average Bonchev–Trinajstić information content (AvgIpc) is 2.53. The first-order valence-electron chi connectivity index (χ1n) is 7.55. The molecular weight excluding hydrogens is 315 g/mol. The van der Waals surface area contributed by atoms with Gasteiger partial charge in [-0.1, -0.05) is 41.9 Å². The molecule has 2 N–H and O–H groups in total. The van der Waals surface area contributed by atoms with Crippen molar-refractivity contribution < 1.29 is 9.18 Å². The standard InChI is InChI=1S/C18H20ClFN2O/c1-13(16-7-2-3-8-17(16)20)22-12-18(23)21-10-9-14-5-4-6-15(19)11-14/h2-8,11,13,22H,9-10,12H2,1H3,(H,21,23). The fourth-order valence-corrected chi connectivity index (χ4v) is 2.50. The van der Waals surface area contributed by atoms with Crippen LogP contribution in [0.15, 0.2) is 48.5 Å². The van der Waals surface area contributed by atoms with E-state index in [0.717, 1.165) is 12.0 Å². The summed E-state index contributed by atoms with van der Waals surface area (Å²) in [6.07, 6.45) is 0.717. The van der Waals surface area contributed by atoms with Crippen LogP contribution in [0.3, 0.4) is 0 Å². The summed E-state index contributed by atoms with van der Waals surface area (Å²) in [5, 5.41) is 6.55. The highest BCUT2D eigenvalue weighted by molar-refractivity contribution is 6.30. The van der Waals surface area contributed by atoms with Gasteiger partial charge in [-0.2, -0.15) is 0 Å². The molecule has 1 atom stereocenters. The molecule has 2 aromatic carbocycles. The molecule has 0 radical (unpaired) electrons. The normalized spacial score (nSPS) is 12.0. The number of hydrogen-bond donors (Lipinski definition) is 2. The van der Waals surface area contributed by atoms with Gasteiger partial charge >= 0.3 is 0 Å². The molecule has 122 valence electrons. The first kappa shape index (κ1) is 17.4. The van der Waals surface area contributed by atoms with Crippen molar-refractivity contribution in [2.45, 2.75) is 19.4 Å². The predicted molar refractivity (Wildman–Crippen MR) is 91.0 cm³/mol. The molecular formula is C18H20ClFN2O. The Kier molecular flexibility index (Phi) is 6.56. The van der Waals surface area contributed by atoms with Crippen molar-refractivity contribution in [3.63, 3.8) is 0 Å². The van der Waals surface area contributed by atoms with Crippen LogP contribution in [-0.4, -0.2) is 19.0 Å². The molecule has 2 rings (SSSR count). The fourth-order valence-electron chi connectivity index (χ4n) is 2.28. The zero-order valence-corrected chi connectivity index (χ0v) is 13.7. The van der Waals surface area contributed by atoms with Crippen molar-refractivity contribution in [3.05, 3.63) is 70.5 Å². The Labute approximate surface area is 140 Å². The van der Waals surface area contributed by atoms with Crippen LogP contribution >= 0.6 is 11.6 Å². The zero-order valence-electron chi connectivity index (χ0n) is 13.0. The Bertz CT molecular complexity index is 663. The van der Waals surface area contributed by atoms with Crippen molar-refractivity contribution >= 4 is 17.5 Å². The number of carbonyl (C=O) groups is 1. The Morgan fingerprint density at radius 2 is 2.00 bits per heavy atom. The Morgan fingerprint density at radius 3 is 2.74 bits per heavy atom. The number of hydrogen-bond acceptors (Lipinski definition) is 2. The number of halogens is 2. The first-order valence-corrected chi connectivity index (χ1v) is 7.93. The maximum Gasteiger partial charge on any atom is 0.233 e. The molecule has 0 aliphatic rings. The average molecular weight is 335 g/mol. The lowest BCUT2D eigenvalue weighted by Gasteiger charge is -2.15. The number of nitrogens with one attached hydrogen (secondary N) is 2. The molecule has 0 aliphatic carbocycles. The predicted octanol–water partition coefficient (Wildman–Crippen LogP) is 3.49. The van der Waals surface area contributed by atoms with Crippen LogP contribution in [-0.2, 0) is 11.2 Å². The van der Waals surface area contributed by atoms with Crippen LogP contribution in [0, 0.1) is 5.82 Å². The van der Waals surface area contributed by atoms with Gasteiger partial charge in [-0.25, -0.2) is 4.39 Å². The molecule has 0 spiro atoms. The van der Waals surface area contributed by atoms with Crippen molar-refractivity contribution in [1.82, 2.24) is 10.6 Å². The molecule has 0 heterocycles. The quantitative estimate of drug-likeness (QED) is 0.813. The lowest BCUT2D eigenvalue weighted by molar-refractivity contribution is -0.120. The van der Waals surface area contributed by atoms with Crippen LogP contribution in [0.1, 0.15) is 24.1 Å². The topological polar surface area (TPSA) is 41.1 Å². The summed E-state index contributed by atoms with van der Waals surface area (Å²) >= 11 is 5.91. The maximum absolute atomic E-state index is 13.6. The van der Waals surface area contributed by atoms with E-state index in [-0.39, 0.29) is 24.3 Å². The van der Waals surface area contributed by atoms with Gasteiger partial charge in [-0.15, -0.1) is 0 Å². The highest BCUT2D eigenvalue weighted by Crippen LogP contribution is 2.15. The van der Waals surface area contributed by atoms with Gasteiger partial charge in [0.15, 0.2) is 0 Å². The lowest BCUT2D eigenvalue weighted by atomic mass is 10.1. The van der Waals surface area contributed by atoms with Crippen LogP contribution in [0.4, 0.5) is 4.39 Å². The van der Waals surface area contributed by atoms with E-state index in [1.165, 1.54) is 6.07 Å². The number of rotatable bonds is 7.